The summed E-state index contributed by atoms with van der Waals surface area (Å²) in [6.45, 7) is 3.78. The summed E-state index contributed by atoms with van der Waals surface area (Å²) in [5.41, 5.74) is -3.49. The van der Waals surface area contributed by atoms with Gasteiger partial charge in [-0.15, -0.1) is 11.8 Å². The zero-order chi connectivity index (χ0) is 7.49. The topological polar surface area (TPSA) is 46.1 Å². The Morgan fingerprint density at radius 2 is 2.00 bits per heavy atom. The van der Waals surface area contributed by atoms with Crippen LogP contribution in [0.15, 0.2) is 0 Å². The molecule has 10 heavy (non-hydrogen) atoms. The molecule has 0 saturated carbocycles. The molecule has 1 unspecified atom stereocenters. The number of rotatable bonds is 3. The normalized spacial score (nSPS) is 14.0. The van der Waals surface area contributed by atoms with E-state index in [2.05, 4.69) is 11.8 Å². The molecule has 0 saturated heterocycles. The third-order valence-electron chi connectivity index (χ3n) is 0.884. The molecule has 0 aliphatic carbocycles. The van der Waals surface area contributed by atoms with Crippen LogP contribution in [0.25, 0.3) is 0 Å². The van der Waals surface area contributed by atoms with Crippen LogP contribution in [-0.2, 0) is 31.3 Å². The summed E-state index contributed by atoms with van der Waals surface area (Å²) in [5, 5.41) is 0.130. The quantitative estimate of drug-likeness (QED) is 0.539. The van der Waals surface area contributed by atoms with Crippen LogP contribution in [-0.4, -0.2) is 5.25 Å². The Kier molecular flexibility index (Phi) is 8.60. The number of hydrogen-bond donors (Lipinski definition) is 0. The van der Waals surface area contributed by atoms with Crippen LogP contribution < -0.4 is 9.79 Å². The fraction of sp³-hybridized carbons (Fsp3) is 1.00. The fourth-order valence-electron chi connectivity index (χ4n) is 0.295. The molecule has 0 bridgehead atoms. The van der Waals surface area contributed by atoms with E-state index in [9.17, 15) is 9.79 Å². The summed E-state index contributed by atoms with van der Waals surface area (Å²) < 4.78 is 0. The molecule has 0 fully saturated rings. The standard InChI is InChI=1S/C4H11O2PS2.Zn/c1-3-4(2)9-7(5,6)8;/h4H,3H2,1-2H3,(H2,5,6,8);/q;+2/p-2. The molecule has 0 rings (SSSR count). The second-order valence-electron chi connectivity index (χ2n) is 1.77. The molecule has 2 nitrogen and oxygen atoms in total. The van der Waals surface area contributed by atoms with Gasteiger partial charge in [0.1, 0.15) is 0 Å². The molecular formula is C4H9O2PS2Zn. The minimum absolute atomic E-state index is 0. The predicted octanol–water partition coefficient (Wildman–Crippen LogP) is 0.461. The van der Waals surface area contributed by atoms with Crippen LogP contribution in [0.1, 0.15) is 20.3 Å². The maximum Gasteiger partial charge on any atom is 2.00 e. The van der Waals surface area contributed by atoms with E-state index < -0.39 is 5.69 Å². The van der Waals surface area contributed by atoms with Gasteiger partial charge in [-0.25, -0.2) is 0 Å². The molecular weight excluding hydrogens is 241 g/mol. The van der Waals surface area contributed by atoms with Gasteiger partial charge in [-0.3, -0.25) is 0 Å². The second-order valence-corrected chi connectivity index (χ2v) is 7.89. The van der Waals surface area contributed by atoms with Gasteiger partial charge in [-0.05, 0) is 6.42 Å². The molecule has 0 spiro atoms. The Hall–Kier alpha value is 1.54. The monoisotopic (exact) mass is 248 g/mol. The molecule has 1 atom stereocenters. The summed E-state index contributed by atoms with van der Waals surface area (Å²) >= 11 is 5.06. The van der Waals surface area contributed by atoms with Crippen molar-refractivity contribution in [2.24, 2.45) is 0 Å². The molecule has 0 amide bonds. The van der Waals surface area contributed by atoms with Crippen molar-refractivity contribution < 1.29 is 29.3 Å². The van der Waals surface area contributed by atoms with Crippen molar-refractivity contribution in [3.05, 3.63) is 0 Å². The second kappa shape index (κ2) is 6.10. The van der Waals surface area contributed by atoms with Crippen molar-refractivity contribution in [3.8, 4) is 0 Å². The zero-order valence-corrected chi connectivity index (χ0v) is 11.6. The van der Waals surface area contributed by atoms with Crippen LogP contribution in [0, 0.1) is 0 Å². The van der Waals surface area contributed by atoms with E-state index in [0.717, 1.165) is 17.8 Å². The maximum atomic E-state index is 10.4. The van der Waals surface area contributed by atoms with E-state index in [0.29, 0.717) is 0 Å². The minimum atomic E-state index is -3.49. The first-order valence-corrected chi connectivity index (χ1v) is 6.78. The molecule has 6 heteroatoms. The zero-order valence-electron chi connectivity index (χ0n) is 6.07. The molecule has 0 heterocycles. The smallest absolute Gasteiger partial charge is 0.825 e. The van der Waals surface area contributed by atoms with Gasteiger partial charge in [-0.1, -0.05) is 13.8 Å². The Morgan fingerprint density at radius 1 is 1.60 bits per heavy atom. The van der Waals surface area contributed by atoms with Gasteiger partial charge >= 0.3 is 19.5 Å². The van der Waals surface area contributed by atoms with E-state index in [4.69, 9.17) is 0 Å². The van der Waals surface area contributed by atoms with Gasteiger partial charge in [0.05, 0.1) is 0 Å². The summed E-state index contributed by atoms with van der Waals surface area (Å²) in [5.74, 6) is 0. The predicted molar refractivity (Wildman–Crippen MR) is 41.6 cm³/mol. The van der Waals surface area contributed by atoms with Crippen LogP contribution in [0.2, 0.25) is 0 Å². The molecule has 0 aliphatic heterocycles. The van der Waals surface area contributed by atoms with Crippen LogP contribution in [0.4, 0.5) is 0 Å². The van der Waals surface area contributed by atoms with Gasteiger partial charge < -0.3 is 9.79 Å². The summed E-state index contributed by atoms with van der Waals surface area (Å²) in [6, 6.07) is 0. The third-order valence-corrected chi connectivity index (χ3v) is 4.46. The van der Waals surface area contributed by atoms with E-state index in [-0.39, 0.29) is 24.7 Å². The van der Waals surface area contributed by atoms with Gasteiger partial charge in [0.2, 0.25) is 0 Å². The van der Waals surface area contributed by atoms with E-state index in [1.807, 2.05) is 13.8 Å². The average molecular weight is 250 g/mol. The first-order valence-electron chi connectivity index (χ1n) is 2.66. The van der Waals surface area contributed by atoms with Crippen molar-refractivity contribution in [1.29, 1.82) is 0 Å². The molecule has 0 aromatic carbocycles. The molecule has 56 valence electrons. The maximum absolute atomic E-state index is 10.4. The van der Waals surface area contributed by atoms with Crippen LogP contribution in [0.5, 0.6) is 0 Å². The Morgan fingerprint density at radius 3 is 2.10 bits per heavy atom. The molecule has 0 N–H and O–H groups in total. The first-order chi connectivity index (χ1) is 3.95. The summed E-state index contributed by atoms with van der Waals surface area (Å²) in [7, 11) is 0. The van der Waals surface area contributed by atoms with E-state index >= 15 is 0 Å². The number of hydrogen-bond acceptors (Lipinski definition) is 4. The third kappa shape index (κ3) is 9.54. The van der Waals surface area contributed by atoms with Crippen LogP contribution >= 0.6 is 17.1 Å². The SMILES string of the molecule is CCC(C)SP([O-])([O-])=S.[Zn+2]. The van der Waals surface area contributed by atoms with Gasteiger partial charge in [0.15, 0.2) is 0 Å². The average Bonchev–Trinajstić information content (AvgIpc) is 1.62. The van der Waals surface area contributed by atoms with Crippen molar-refractivity contribution in [2.45, 2.75) is 25.5 Å². The van der Waals surface area contributed by atoms with Gasteiger partial charge in [0, 0.05) is 5.25 Å². The van der Waals surface area contributed by atoms with Crippen molar-refractivity contribution >= 4 is 28.9 Å². The van der Waals surface area contributed by atoms with Crippen molar-refractivity contribution in [3.63, 3.8) is 0 Å². The fourth-order valence-corrected chi connectivity index (χ4v) is 3.98. The van der Waals surface area contributed by atoms with Gasteiger partial charge in [-0.2, -0.15) is 17.1 Å². The summed E-state index contributed by atoms with van der Waals surface area (Å²) in [6.07, 6.45) is 0.841. The molecule has 0 aliphatic rings. The van der Waals surface area contributed by atoms with E-state index in [1.54, 1.807) is 0 Å². The minimum Gasteiger partial charge on any atom is -0.825 e. The van der Waals surface area contributed by atoms with Crippen LogP contribution in [0.3, 0.4) is 0 Å². The Bertz CT molecular complexity index is 126. The van der Waals surface area contributed by atoms with E-state index in [1.165, 1.54) is 0 Å². The van der Waals surface area contributed by atoms with Crippen molar-refractivity contribution in [1.82, 2.24) is 0 Å². The van der Waals surface area contributed by atoms with Gasteiger partial charge in [0.25, 0.3) is 0 Å². The van der Waals surface area contributed by atoms with Crippen molar-refractivity contribution in [2.75, 3.05) is 0 Å². The summed E-state index contributed by atoms with van der Waals surface area (Å²) in [4.78, 5) is 20.8. The molecule has 0 radical (unpaired) electrons. The Balaban J connectivity index is 0. The molecule has 0 aromatic rings. The Labute approximate surface area is 83.5 Å². The first kappa shape index (κ1) is 14.1. The largest absolute Gasteiger partial charge is 2.00 e. The molecule has 0 aromatic heterocycles.